The molecule has 0 bridgehead atoms. The molecular weight excluding hydrogens is 306 g/mol. The Morgan fingerprint density at radius 3 is 2.95 bits per heavy atom. The lowest BCUT2D eigenvalue weighted by molar-refractivity contribution is -0.119. The highest BCUT2D eigenvalue weighted by Gasteiger charge is 2.18. The Morgan fingerprint density at radius 1 is 1.29 bits per heavy atom. The van der Waals surface area contributed by atoms with Crippen molar-refractivity contribution in [3.05, 3.63) is 46.7 Å². The summed E-state index contributed by atoms with van der Waals surface area (Å²) >= 11 is 1.66. The largest absolute Gasteiger partial charge is 0.382 e. The monoisotopic (exact) mass is 323 g/mol. The molecule has 0 aliphatic carbocycles. The first-order valence-electron chi connectivity index (χ1n) is 6.70. The van der Waals surface area contributed by atoms with Crippen molar-refractivity contribution in [1.29, 1.82) is 0 Å². The maximum Gasteiger partial charge on any atom is 0.239 e. The molecule has 1 aliphatic rings. The molecule has 0 saturated carbocycles. The molecule has 4 nitrogen and oxygen atoms in total. The van der Waals surface area contributed by atoms with Crippen LogP contribution in [0.5, 0.6) is 0 Å². The van der Waals surface area contributed by atoms with Gasteiger partial charge in [-0.25, -0.2) is 0 Å². The first-order chi connectivity index (χ1) is 9.83. The standard InChI is InChI=1S/C15H17N3OS.ClH/c19-15(17-10-12-4-3-9-20-12)11-18-8-7-16-13-5-1-2-6-14(13)18;/h1-6,9,16H,7-8,10-11H2,(H,17,19);1H. The van der Waals surface area contributed by atoms with E-state index in [4.69, 9.17) is 0 Å². The van der Waals surface area contributed by atoms with Gasteiger partial charge in [-0.3, -0.25) is 4.79 Å². The number of anilines is 2. The van der Waals surface area contributed by atoms with Gasteiger partial charge in [0.25, 0.3) is 0 Å². The fourth-order valence-corrected chi connectivity index (χ4v) is 2.98. The molecule has 1 aliphatic heterocycles. The van der Waals surface area contributed by atoms with Crippen LogP contribution in [-0.4, -0.2) is 25.5 Å². The summed E-state index contributed by atoms with van der Waals surface area (Å²) in [5.74, 6) is 0.0649. The van der Waals surface area contributed by atoms with Gasteiger partial charge in [0.05, 0.1) is 24.5 Å². The van der Waals surface area contributed by atoms with Gasteiger partial charge in [0, 0.05) is 18.0 Å². The number of thiophene rings is 1. The smallest absolute Gasteiger partial charge is 0.239 e. The average molecular weight is 324 g/mol. The van der Waals surface area contributed by atoms with E-state index in [0.29, 0.717) is 13.1 Å². The first kappa shape index (κ1) is 15.7. The molecule has 0 saturated heterocycles. The molecule has 0 spiro atoms. The number of amides is 1. The van der Waals surface area contributed by atoms with Gasteiger partial charge in [-0.05, 0) is 23.6 Å². The van der Waals surface area contributed by atoms with Crippen molar-refractivity contribution in [2.45, 2.75) is 6.54 Å². The maximum absolute atomic E-state index is 12.0. The van der Waals surface area contributed by atoms with Crippen LogP contribution in [0.25, 0.3) is 0 Å². The van der Waals surface area contributed by atoms with Crippen molar-refractivity contribution < 1.29 is 4.79 Å². The molecule has 6 heteroatoms. The summed E-state index contributed by atoms with van der Waals surface area (Å²) in [6, 6.07) is 12.1. The Kier molecular flexibility index (Phi) is 5.47. The average Bonchev–Trinajstić information content (AvgIpc) is 2.99. The van der Waals surface area contributed by atoms with Crippen molar-refractivity contribution in [3.8, 4) is 0 Å². The zero-order valence-corrected chi connectivity index (χ0v) is 13.2. The maximum atomic E-state index is 12.0. The number of carbonyl (C=O) groups is 1. The van der Waals surface area contributed by atoms with Crippen LogP contribution in [0.1, 0.15) is 4.88 Å². The number of hydrogen-bond donors (Lipinski definition) is 2. The number of halogens is 1. The van der Waals surface area contributed by atoms with Crippen LogP contribution >= 0.6 is 23.7 Å². The van der Waals surface area contributed by atoms with Gasteiger partial charge in [-0.1, -0.05) is 18.2 Å². The molecule has 21 heavy (non-hydrogen) atoms. The molecule has 0 atom stereocenters. The number of benzene rings is 1. The van der Waals surface area contributed by atoms with Crippen molar-refractivity contribution in [2.75, 3.05) is 29.9 Å². The lowest BCUT2D eigenvalue weighted by Gasteiger charge is -2.31. The van der Waals surface area contributed by atoms with E-state index in [1.165, 1.54) is 4.88 Å². The second-order valence-corrected chi connectivity index (χ2v) is 5.75. The van der Waals surface area contributed by atoms with Gasteiger partial charge >= 0.3 is 0 Å². The van der Waals surface area contributed by atoms with Gasteiger partial charge < -0.3 is 15.5 Å². The molecule has 0 unspecified atom stereocenters. The minimum absolute atomic E-state index is 0. The zero-order valence-electron chi connectivity index (χ0n) is 11.5. The van der Waals surface area contributed by atoms with Crippen LogP contribution in [0.2, 0.25) is 0 Å². The Hall–Kier alpha value is -1.72. The van der Waals surface area contributed by atoms with Crippen LogP contribution < -0.4 is 15.5 Å². The molecule has 112 valence electrons. The lowest BCUT2D eigenvalue weighted by Crippen LogP contribution is -2.41. The van der Waals surface area contributed by atoms with Crippen LogP contribution in [0.3, 0.4) is 0 Å². The summed E-state index contributed by atoms with van der Waals surface area (Å²) in [6.45, 7) is 2.74. The van der Waals surface area contributed by atoms with Gasteiger partial charge in [-0.15, -0.1) is 23.7 Å². The Balaban J connectivity index is 0.00000161. The van der Waals surface area contributed by atoms with E-state index in [0.717, 1.165) is 24.5 Å². The highest BCUT2D eigenvalue weighted by Crippen LogP contribution is 2.27. The predicted octanol–water partition coefficient (Wildman–Crippen LogP) is 2.72. The topological polar surface area (TPSA) is 44.4 Å². The highest BCUT2D eigenvalue weighted by atomic mass is 35.5. The number of carbonyl (C=O) groups excluding carboxylic acids is 1. The summed E-state index contributed by atoms with van der Waals surface area (Å²) in [5.41, 5.74) is 2.20. The second-order valence-electron chi connectivity index (χ2n) is 4.72. The number of nitrogens with zero attached hydrogens (tertiary/aromatic N) is 1. The molecule has 2 aromatic rings. The molecule has 1 amide bonds. The lowest BCUT2D eigenvalue weighted by atomic mass is 10.2. The van der Waals surface area contributed by atoms with Gasteiger partial charge in [-0.2, -0.15) is 0 Å². The molecule has 2 N–H and O–H groups in total. The molecule has 0 fully saturated rings. The summed E-state index contributed by atoms with van der Waals surface area (Å²) in [7, 11) is 0. The second kappa shape index (κ2) is 7.33. The summed E-state index contributed by atoms with van der Waals surface area (Å²) < 4.78 is 0. The van der Waals surface area contributed by atoms with E-state index in [-0.39, 0.29) is 18.3 Å². The third kappa shape index (κ3) is 3.89. The third-order valence-electron chi connectivity index (χ3n) is 3.32. The SMILES string of the molecule is Cl.O=C(CN1CCNc2ccccc21)NCc1cccs1. The van der Waals surface area contributed by atoms with Crippen LogP contribution in [-0.2, 0) is 11.3 Å². The minimum Gasteiger partial charge on any atom is -0.382 e. The normalized spacial score (nSPS) is 12.9. The number of rotatable bonds is 4. The molecule has 2 heterocycles. The number of hydrogen-bond acceptors (Lipinski definition) is 4. The summed E-state index contributed by atoms with van der Waals surface area (Å²) in [6.07, 6.45) is 0. The number of fused-ring (bicyclic) bond motifs is 1. The summed E-state index contributed by atoms with van der Waals surface area (Å²) in [4.78, 5) is 15.3. The van der Waals surface area contributed by atoms with Gasteiger partial charge in [0.1, 0.15) is 0 Å². The summed E-state index contributed by atoms with van der Waals surface area (Å²) in [5, 5.41) is 8.34. The van der Waals surface area contributed by atoms with Crippen molar-refractivity contribution >= 4 is 41.0 Å². The minimum atomic E-state index is 0. The third-order valence-corrected chi connectivity index (χ3v) is 4.19. The number of para-hydroxylation sites is 2. The fourth-order valence-electron chi connectivity index (χ4n) is 2.34. The van der Waals surface area contributed by atoms with Crippen LogP contribution in [0, 0.1) is 0 Å². The van der Waals surface area contributed by atoms with Crippen molar-refractivity contribution in [3.63, 3.8) is 0 Å². The quantitative estimate of drug-likeness (QED) is 0.909. The molecular formula is C15H18ClN3OS. The van der Waals surface area contributed by atoms with Crippen molar-refractivity contribution in [2.24, 2.45) is 0 Å². The fraction of sp³-hybridized carbons (Fsp3) is 0.267. The van der Waals surface area contributed by atoms with E-state index in [9.17, 15) is 4.79 Å². The van der Waals surface area contributed by atoms with Gasteiger partial charge in [0.2, 0.25) is 5.91 Å². The first-order valence-corrected chi connectivity index (χ1v) is 7.58. The number of nitrogens with one attached hydrogen (secondary N) is 2. The predicted molar refractivity (Wildman–Crippen MR) is 90.6 cm³/mol. The van der Waals surface area contributed by atoms with E-state index in [1.807, 2.05) is 41.8 Å². The van der Waals surface area contributed by atoms with E-state index in [1.54, 1.807) is 11.3 Å². The molecule has 0 radical (unpaired) electrons. The van der Waals surface area contributed by atoms with Crippen LogP contribution in [0.15, 0.2) is 41.8 Å². The molecule has 3 rings (SSSR count). The van der Waals surface area contributed by atoms with E-state index < -0.39 is 0 Å². The van der Waals surface area contributed by atoms with Gasteiger partial charge in [0.15, 0.2) is 0 Å². The highest BCUT2D eigenvalue weighted by molar-refractivity contribution is 7.09. The molecule has 1 aromatic heterocycles. The zero-order chi connectivity index (χ0) is 13.8. The van der Waals surface area contributed by atoms with E-state index in [2.05, 4.69) is 15.5 Å². The Bertz CT molecular complexity index is 588. The molecule has 1 aromatic carbocycles. The Morgan fingerprint density at radius 2 is 2.14 bits per heavy atom. The van der Waals surface area contributed by atoms with Crippen molar-refractivity contribution in [1.82, 2.24) is 5.32 Å². The van der Waals surface area contributed by atoms with Crippen LogP contribution in [0.4, 0.5) is 11.4 Å². The Labute approximate surface area is 134 Å². The van der Waals surface area contributed by atoms with E-state index >= 15 is 0 Å².